The van der Waals surface area contributed by atoms with Crippen LogP contribution in [0.2, 0.25) is 0 Å². The zero-order valence-electron chi connectivity index (χ0n) is 8.90. The molecule has 0 spiro atoms. The third-order valence-electron chi connectivity index (χ3n) is 2.75. The summed E-state index contributed by atoms with van der Waals surface area (Å²) in [6.07, 6.45) is 5.74. The van der Waals surface area contributed by atoms with Crippen molar-refractivity contribution in [3.63, 3.8) is 0 Å². The Morgan fingerprint density at radius 3 is 2.57 bits per heavy atom. The third kappa shape index (κ3) is 3.09. The minimum absolute atomic E-state index is 0.349. The number of nitrogens with one attached hydrogen (secondary N) is 1. The second kappa shape index (κ2) is 5.73. The SMILES string of the molecule is CCC(C)C(Cc1ccncc1)NN. The van der Waals surface area contributed by atoms with Crippen molar-refractivity contribution in [2.24, 2.45) is 11.8 Å². The molecule has 0 amide bonds. The van der Waals surface area contributed by atoms with E-state index in [1.54, 1.807) is 0 Å². The van der Waals surface area contributed by atoms with Crippen molar-refractivity contribution in [3.8, 4) is 0 Å². The average Bonchev–Trinajstić information content (AvgIpc) is 2.26. The number of hydrazine groups is 1. The van der Waals surface area contributed by atoms with E-state index in [0.717, 1.165) is 12.8 Å². The fourth-order valence-electron chi connectivity index (χ4n) is 1.48. The highest BCUT2D eigenvalue weighted by molar-refractivity contribution is 5.11. The van der Waals surface area contributed by atoms with Gasteiger partial charge in [0, 0.05) is 18.4 Å². The molecule has 3 nitrogen and oxygen atoms in total. The molecular weight excluding hydrogens is 174 g/mol. The van der Waals surface area contributed by atoms with E-state index in [2.05, 4.69) is 24.3 Å². The van der Waals surface area contributed by atoms with Gasteiger partial charge < -0.3 is 0 Å². The highest BCUT2D eigenvalue weighted by Gasteiger charge is 2.14. The Hall–Kier alpha value is -0.930. The van der Waals surface area contributed by atoms with E-state index in [-0.39, 0.29) is 0 Å². The van der Waals surface area contributed by atoms with E-state index in [0.29, 0.717) is 12.0 Å². The fourth-order valence-corrected chi connectivity index (χ4v) is 1.48. The van der Waals surface area contributed by atoms with Gasteiger partial charge in [0.1, 0.15) is 0 Å². The monoisotopic (exact) mass is 193 g/mol. The molecular formula is C11H19N3. The lowest BCUT2D eigenvalue weighted by Gasteiger charge is -2.21. The van der Waals surface area contributed by atoms with Gasteiger partial charge in [0.2, 0.25) is 0 Å². The van der Waals surface area contributed by atoms with Gasteiger partial charge in [-0.1, -0.05) is 20.3 Å². The molecule has 2 atom stereocenters. The van der Waals surface area contributed by atoms with E-state index in [4.69, 9.17) is 5.84 Å². The second-order valence-electron chi connectivity index (χ2n) is 3.72. The molecule has 0 fully saturated rings. The second-order valence-corrected chi connectivity index (χ2v) is 3.72. The molecule has 0 radical (unpaired) electrons. The number of rotatable bonds is 5. The molecule has 0 saturated heterocycles. The van der Waals surface area contributed by atoms with Crippen LogP contribution in [0.3, 0.4) is 0 Å². The summed E-state index contributed by atoms with van der Waals surface area (Å²) < 4.78 is 0. The van der Waals surface area contributed by atoms with Gasteiger partial charge in [-0.3, -0.25) is 16.3 Å². The first-order valence-electron chi connectivity index (χ1n) is 5.13. The van der Waals surface area contributed by atoms with Crippen molar-refractivity contribution in [1.29, 1.82) is 0 Å². The van der Waals surface area contributed by atoms with Crippen LogP contribution >= 0.6 is 0 Å². The Labute approximate surface area is 85.7 Å². The first kappa shape index (κ1) is 11.1. The van der Waals surface area contributed by atoms with Crippen LogP contribution in [0, 0.1) is 5.92 Å². The van der Waals surface area contributed by atoms with Gasteiger partial charge in [0.25, 0.3) is 0 Å². The molecule has 3 heteroatoms. The highest BCUT2D eigenvalue weighted by Crippen LogP contribution is 2.12. The Bertz CT molecular complexity index is 248. The molecule has 1 aromatic rings. The van der Waals surface area contributed by atoms with E-state index < -0.39 is 0 Å². The third-order valence-corrected chi connectivity index (χ3v) is 2.75. The molecule has 1 heterocycles. The summed E-state index contributed by atoms with van der Waals surface area (Å²) in [7, 11) is 0. The molecule has 78 valence electrons. The smallest absolute Gasteiger partial charge is 0.0276 e. The van der Waals surface area contributed by atoms with Crippen molar-refractivity contribution in [3.05, 3.63) is 30.1 Å². The molecule has 0 aliphatic carbocycles. The molecule has 1 aromatic heterocycles. The zero-order chi connectivity index (χ0) is 10.4. The van der Waals surface area contributed by atoms with Gasteiger partial charge in [-0.2, -0.15) is 0 Å². The maximum atomic E-state index is 5.53. The number of hydrogen-bond donors (Lipinski definition) is 2. The molecule has 14 heavy (non-hydrogen) atoms. The summed E-state index contributed by atoms with van der Waals surface area (Å²) in [5.41, 5.74) is 4.16. The minimum atomic E-state index is 0.349. The van der Waals surface area contributed by atoms with Crippen molar-refractivity contribution >= 4 is 0 Å². The van der Waals surface area contributed by atoms with Crippen LogP contribution < -0.4 is 11.3 Å². The highest BCUT2D eigenvalue weighted by atomic mass is 15.2. The summed E-state index contributed by atoms with van der Waals surface area (Å²) >= 11 is 0. The van der Waals surface area contributed by atoms with Crippen LogP contribution in [0.5, 0.6) is 0 Å². The zero-order valence-corrected chi connectivity index (χ0v) is 8.90. The van der Waals surface area contributed by atoms with Gasteiger partial charge in [0.15, 0.2) is 0 Å². The minimum Gasteiger partial charge on any atom is -0.271 e. The Kier molecular flexibility index (Phi) is 4.56. The number of pyridine rings is 1. The lowest BCUT2D eigenvalue weighted by Crippen LogP contribution is -2.41. The molecule has 0 saturated carbocycles. The van der Waals surface area contributed by atoms with E-state index >= 15 is 0 Å². The predicted molar refractivity (Wildman–Crippen MR) is 58.5 cm³/mol. The Morgan fingerprint density at radius 2 is 2.07 bits per heavy atom. The topological polar surface area (TPSA) is 50.9 Å². The van der Waals surface area contributed by atoms with Crippen LogP contribution in [0.25, 0.3) is 0 Å². The number of nitrogens with two attached hydrogens (primary N) is 1. The van der Waals surface area contributed by atoms with Crippen LogP contribution in [0.15, 0.2) is 24.5 Å². The van der Waals surface area contributed by atoms with Crippen molar-refractivity contribution < 1.29 is 0 Å². The van der Waals surface area contributed by atoms with Crippen molar-refractivity contribution in [2.75, 3.05) is 0 Å². The predicted octanol–water partition coefficient (Wildman–Crippen LogP) is 1.50. The fraction of sp³-hybridized carbons (Fsp3) is 0.545. The molecule has 1 rings (SSSR count). The van der Waals surface area contributed by atoms with Crippen LogP contribution in [0.1, 0.15) is 25.8 Å². The van der Waals surface area contributed by atoms with E-state index in [1.165, 1.54) is 5.56 Å². The number of nitrogens with zero attached hydrogens (tertiary/aromatic N) is 1. The standard InChI is InChI=1S/C11H19N3/c1-3-9(2)11(14-12)8-10-4-6-13-7-5-10/h4-7,9,11,14H,3,8,12H2,1-2H3. The lowest BCUT2D eigenvalue weighted by molar-refractivity contribution is 0.370. The van der Waals surface area contributed by atoms with Gasteiger partial charge in [-0.25, -0.2) is 0 Å². The molecule has 0 aliphatic rings. The van der Waals surface area contributed by atoms with Crippen LogP contribution in [-0.2, 0) is 6.42 Å². The van der Waals surface area contributed by atoms with Crippen LogP contribution in [-0.4, -0.2) is 11.0 Å². The molecule has 0 aliphatic heterocycles. The van der Waals surface area contributed by atoms with Gasteiger partial charge >= 0.3 is 0 Å². The first-order valence-corrected chi connectivity index (χ1v) is 5.13. The molecule has 2 unspecified atom stereocenters. The summed E-state index contributed by atoms with van der Waals surface area (Å²) in [5.74, 6) is 6.12. The quantitative estimate of drug-likeness (QED) is 0.550. The largest absolute Gasteiger partial charge is 0.271 e. The first-order chi connectivity index (χ1) is 6.77. The van der Waals surface area contributed by atoms with Gasteiger partial charge in [-0.15, -0.1) is 0 Å². The lowest BCUT2D eigenvalue weighted by atomic mass is 9.94. The van der Waals surface area contributed by atoms with Crippen LogP contribution in [0.4, 0.5) is 0 Å². The summed E-state index contributed by atoms with van der Waals surface area (Å²) in [6.45, 7) is 4.40. The maximum absolute atomic E-state index is 5.53. The van der Waals surface area contributed by atoms with Crippen molar-refractivity contribution in [2.45, 2.75) is 32.7 Å². The van der Waals surface area contributed by atoms with Crippen molar-refractivity contribution in [1.82, 2.24) is 10.4 Å². The number of aromatic nitrogens is 1. The maximum Gasteiger partial charge on any atom is 0.0276 e. The summed E-state index contributed by atoms with van der Waals surface area (Å²) in [6, 6.07) is 4.42. The Morgan fingerprint density at radius 1 is 1.43 bits per heavy atom. The van der Waals surface area contributed by atoms with Gasteiger partial charge in [0.05, 0.1) is 0 Å². The average molecular weight is 193 g/mol. The Balaban J connectivity index is 2.57. The van der Waals surface area contributed by atoms with E-state index in [9.17, 15) is 0 Å². The number of hydrogen-bond acceptors (Lipinski definition) is 3. The van der Waals surface area contributed by atoms with E-state index in [1.807, 2.05) is 24.5 Å². The normalized spacial score (nSPS) is 15.1. The molecule has 0 bridgehead atoms. The molecule has 3 N–H and O–H groups in total. The van der Waals surface area contributed by atoms with Gasteiger partial charge in [-0.05, 0) is 30.0 Å². The molecule has 0 aromatic carbocycles. The summed E-state index contributed by atoms with van der Waals surface area (Å²) in [4.78, 5) is 3.99. The summed E-state index contributed by atoms with van der Waals surface area (Å²) in [5, 5.41) is 0.